The summed E-state index contributed by atoms with van der Waals surface area (Å²) in [6, 6.07) is 17.9. The number of urea groups is 1. The van der Waals surface area contributed by atoms with Crippen molar-refractivity contribution in [3.05, 3.63) is 99.5 Å². The van der Waals surface area contributed by atoms with Gasteiger partial charge < -0.3 is 36.0 Å². The second-order valence-electron chi connectivity index (χ2n) is 11.0. The van der Waals surface area contributed by atoms with Gasteiger partial charge in [-0.3, -0.25) is 9.78 Å². The minimum atomic E-state index is -0.926. The van der Waals surface area contributed by atoms with E-state index in [4.69, 9.17) is 4.74 Å². The number of alkyl carbamates (subject to hydrolysis) is 1. The van der Waals surface area contributed by atoms with Crippen LogP contribution in [0.4, 0.5) is 9.59 Å². The minimum Gasteiger partial charge on any atom is -0.444 e. The number of aromatic nitrogens is 1. The first-order chi connectivity index (χ1) is 22.4. The Morgan fingerprint density at radius 2 is 1.61 bits per heavy atom. The third-order valence-corrected chi connectivity index (χ3v) is 9.07. The molecule has 0 spiro atoms. The average Bonchev–Trinajstić information content (AvgIpc) is 3.78. The van der Waals surface area contributed by atoms with E-state index in [0.717, 1.165) is 26.8 Å². The summed E-state index contributed by atoms with van der Waals surface area (Å²) < 4.78 is 5.49. The fourth-order valence-corrected chi connectivity index (χ4v) is 6.30. The van der Waals surface area contributed by atoms with Gasteiger partial charge in [-0.15, -0.1) is 23.1 Å². The van der Waals surface area contributed by atoms with Crippen molar-refractivity contribution < 1.29 is 24.2 Å². The Morgan fingerprint density at radius 3 is 2.17 bits per heavy atom. The van der Waals surface area contributed by atoms with Crippen LogP contribution in [0.5, 0.6) is 0 Å². The Labute approximate surface area is 278 Å². The minimum absolute atomic E-state index is 0.0678. The van der Waals surface area contributed by atoms with Gasteiger partial charge in [-0.2, -0.15) is 0 Å². The number of amides is 4. The predicted molar refractivity (Wildman–Crippen MR) is 181 cm³/mol. The summed E-state index contributed by atoms with van der Waals surface area (Å²) in [6.45, 7) is 0.286. The zero-order valence-electron chi connectivity index (χ0n) is 25.9. The topological polar surface area (TPSA) is 145 Å². The normalized spacial score (nSPS) is 14.3. The van der Waals surface area contributed by atoms with Crippen molar-refractivity contribution in [2.24, 2.45) is 0 Å². The zero-order chi connectivity index (χ0) is 32.6. The first kappa shape index (κ1) is 34.8. The molecule has 0 aliphatic carbocycles. The Bertz CT molecular complexity index is 1390. The summed E-state index contributed by atoms with van der Waals surface area (Å²) in [5, 5.41) is 21.7. The largest absolute Gasteiger partial charge is 0.444 e. The molecule has 2 aromatic carbocycles. The summed E-state index contributed by atoms with van der Waals surface area (Å²) in [5.41, 5.74) is 3.81. The molecule has 0 saturated heterocycles. The van der Waals surface area contributed by atoms with Gasteiger partial charge in [0.1, 0.15) is 12.6 Å². The molecule has 1 aliphatic rings. The Morgan fingerprint density at radius 1 is 0.957 bits per heavy atom. The van der Waals surface area contributed by atoms with Crippen LogP contribution in [0, 0.1) is 0 Å². The molecule has 246 valence electrons. The molecular formula is C33H42N6O5S2. The van der Waals surface area contributed by atoms with Crippen LogP contribution >= 0.6 is 23.1 Å². The van der Waals surface area contributed by atoms with Gasteiger partial charge in [-0.05, 0) is 43.2 Å². The standard InChI is InChI=1S/C33H42N6O5S2/c1-39(20-28-18-34-22-45-28)32(42)38-30(14-15-40)31(41)36-26(16-24-8-4-2-5-9-24)12-13-27(17-25-10-6-3-7-11-25)37-33(43)44-21-29-19-35-23-46-29/h2-11,18-19,22,26-27,30,35,40H,12-17,20-21,23H2,1H3,(H,36,41)(H,37,43)(H,38,42). The number of carbonyl (C=O) groups excluding carboxylic acids is 3. The highest BCUT2D eigenvalue weighted by Gasteiger charge is 2.26. The van der Waals surface area contributed by atoms with E-state index in [9.17, 15) is 19.5 Å². The van der Waals surface area contributed by atoms with E-state index in [1.165, 1.54) is 16.2 Å². The Kier molecular flexibility index (Phi) is 14.2. The van der Waals surface area contributed by atoms with Crippen LogP contribution in [0.2, 0.25) is 0 Å². The summed E-state index contributed by atoms with van der Waals surface area (Å²) in [7, 11) is 1.65. The van der Waals surface area contributed by atoms with E-state index in [-0.39, 0.29) is 37.6 Å². The van der Waals surface area contributed by atoms with Gasteiger partial charge in [-0.1, -0.05) is 60.7 Å². The molecule has 4 amide bonds. The quantitative estimate of drug-likeness (QED) is 0.145. The number of carbonyl (C=O) groups is 3. The monoisotopic (exact) mass is 666 g/mol. The maximum absolute atomic E-state index is 13.6. The van der Waals surface area contributed by atoms with Gasteiger partial charge in [0.05, 0.1) is 17.9 Å². The Hall–Kier alpha value is -4.07. The van der Waals surface area contributed by atoms with E-state index >= 15 is 0 Å². The maximum Gasteiger partial charge on any atom is 0.407 e. The number of hydrogen-bond donors (Lipinski definition) is 5. The molecule has 3 atom stereocenters. The molecule has 4 rings (SSSR count). The van der Waals surface area contributed by atoms with E-state index < -0.39 is 18.2 Å². The van der Waals surface area contributed by atoms with Gasteiger partial charge in [0.2, 0.25) is 5.91 Å². The van der Waals surface area contributed by atoms with Crippen LogP contribution < -0.4 is 21.3 Å². The number of benzene rings is 2. The lowest BCUT2D eigenvalue weighted by molar-refractivity contribution is -0.124. The lowest BCUT2D eigenvalue weighted by Crippen LogP contribution is -2.53. The fraction of sp³-hybridized carbons (Fsp3) is 0.394. The average molecular weight is 667 g/mol. The zero-order valence-corrected chi connectivity index (χ0v) is 27.5. The molecule has 0 radical (unpaired) electrons. The number of thioether (sulfide) groups is 1. The summed E-state index contributed by atoms with van der Waals surface area (Å²) in [6.07, 6.45) is 5.38. The smallest absolute Gasteiger partial charge is 0.407 e. The third kappa shape index (κ3) is 12.0. The van der Waals surface area contributed by atoms with Crippen LogP contribution in [0.15, 0.2) is 83.5 Å². The number of aliphatic hydroxyl groups is 1. The van der Waals surface area contributed by atoms with Gasteiger partial charge >= 0.3 is 12.1 Å². The highest BCUT2D eigenvalue weighted by atomic mass is 32.2. The number of rotatable bonds is 17. The molecule has 0 fully saturated rings. The molecule has 11 nitrogen and oxygen atoms in total. The molecule has 0 saturated carbocycles. The molecule has 46 heavy (non-hydrogen) atoms. The molecule has 3 unspecified atom stereocenters. The van der Waals surface area contributed by atoms with E-state index in [0.29, 0.717) is 32.2 Å². The van der Waals surface area contributed by atoms with Crippen LogP contribution in [0.25, 0.3) is 0 Å². The maximum atomic E-state index is 13.6. The number of ether oxygens (including phenoxy) is 1. The van der Waals surface area contributed by atoms with Crippen molar-refractivity contribution >= 4 is 41.1 Å². The molecular weight excluding hydrogens is 625 g/mol. The number of nitrogens with zero attached hydrogens (tertiary/aromatic N) is 2. The molecule has 13 heteroatoms. The molecule has 0 bridgehead atoms. The lowest BCUT2D eigenvalue weighted by Gasteiger charge is -2.27. The predicted octanol–water partition coefficient (Wildman–Crippen LogP) is 4.02. The SMILES string of the molecule is CN(Cc1cncs1)C(=O)NC(CCO)C(=O)NC(CCC(Cc1ccccc1)NC(=O)OCC1=CNCS1)Cc1ccccc1. The lowest BCUT2D eigenvalue weighted by atomic mass is 9.95. The van der Waals surface area contributed by atoms with Crippen LogP contribution in [-0.2, 0) is 28.9 Å². The van der Waals surface area contributed by atoms with Crippen LogP contribution in [-0.4, -0.2) is 77.3 Å². The molecule has 1 aromatic heterocycles. The van der Waals surface area contributed by atoms with Crippen molar-refractivity contribution in [1.29, 1.82) is 0 Å². The fourth-order valence-electron chi connectivity index (χ4n) is 4.99. The number of nitrogens with one attached hydrogen (secondary N) is 4. The summed E-state index contributed by atoms with van der Waals surface area (Å²) in [4.78, 5) is 46.7. The second-order valence-corrected chi connectivity index (χ2v) is 13.1. The van der Waals surface area contributed by atoms with Crippen molar-refractivity contribution in [3.8, 4) is 0 Å². The van der Waals surface area contributed by atoms with Gasteiger partial charge in [-0.25, -0.2) is 9.59 Å². The second kappa shape index (κ2) is 18.8. The first-order valence-electron chi connectivity index (χ1n) is 15.3. The molecule has 2 heterocycles. The van der Waals surface area contributed by atoms with Crippen molar-refractivity contribution in [2.45, 2.75) is 56.8 Å². The summed E-state index contributed by atoms with van der Waals surface area (Å²) in [5.74, 6) is 0.384. The van der Waals surface area contributed by atoms with Gasteiger partial charge in [0.25, 0.3) is 0 Å². The molecule has 5 N–H and O–H groups in total. The van der Waals surface area contributed by atoms with Crippen molar-refractivity contribution in [1.82, 2.24) is 31.2 Å². The van der Waals surface area contributed by atoms with E-state index in [1.807, 2.05) is 66.9 Å². The van der Waals surface area contributed by atoms with Crippen molar-refractivity contribution in [3.63, 3.8) is 0 Å². The number of thiazole rings is 1. The number of aliphatic hydroxyl groups excluding tert-OH is 1. The number of hydrogen-bond acceptors (Lipinski definition) is 9. The highest BCUT2D eigenvalue weighted by Crippen LogP contribution is 2.19. The highest BCUT2D eigenvalue weighted by molar-refractivity contribution is 8.03. The summed E-state index contributed by atoms with van der Waals surface area (Å²) >= 11 is 3.04. The van der Waals surface area contributed by atoms with Crippen LogP contribution in [0.1, 0.15) is 35.3 Å². The van der Waals surface area contributed by atoms with Gasteiger partial charge in [0, 0.05) is 47.9 Å². The van der Waals surface area contributed by atoms with Gasteiger partial charge in [0.15, 0.2) is 0 Å². The third-order valence-electron chi connectivity index (χ3n) is 7.39. The first-order valence-corrected chi connectivity index (χ1v) is 17.1. The van der Waals surface area contributed by atoms with E-state index in [2.05, 4.69) is 26.3 Å². The molecule has 3 aromatic rings. The van der Waals surface area contributed by atoms with Crippen LogP contribution in [0.3, 0.4) is 0 Å². The Balaban J connectivity index is 1.42. The van der Waals surface area contributed by atoms with Crippen molar-refractivity contribution in [2.75, 3.05) is 26.1 Å². The van der Waals surface area contributed by atoms with E-state index in [1.54, 1.807) is 30.5 Å². The molecule has 1 aliphatic heterocycles.